The van der Waals surface area contributed by atoms with Crippen molar-refractivity contribution < 1.29 is 23.8 Å². The Bertz CT molecular complexity index is 1100. The van der Waals surface area contributed by atoms with Crippen LogP contribution in [0.3, 0.4) is 0 Å². The first kappa shape index (κ1) is 26.0. The van der Waals surface area contributed by atoms with Crippen LogP contribution in [0.5, 0.6) is 5.75 Å². The summed E-state index contributed by atoms with van der Waals surface area (Å²) in [6.07, 6.45) is 0. The van der Waals surface area contributed by atoms with Gasteiger partial charge < -0.3 is 35.1 Å². The minimum absolute atomic E-state index is 0.139. The first-order valence-electron chi connectivity index (χ1n) is 11.2. The second-order valence-electron chi connectivity index (χ2n) is 7.73. The Kier molecular flexibility index (Phi) is 9.04. The summed E-state index contributed by atoms with van der Waals surface area (Å²) >= 11 is 5.45. The fourth-order valence-electron chi connectivity index (χ4n) is 3.54. The Morgan fingerprint density at radius 2 is 1.80 bits per heavy atom. The van der Waals surface area contributed by atoms with Gasteiger partial charge in [0.05, 0.1) is 24.8 Å². The molecular formula is C25H30N4O5S. The number of amides is 2. The van der Waals surface area contributed by atoms with Crippen molar-refractivity contribution in [1.82, 2.24) is 10.2 Å². The molecular weight excluding hydrogens is 468 g/mol. The zero-order chi connectivity index (χ0) is 25.4. The average molecular weight is 499 g/mol. The highest BCUT2D eigenvalue weighted by Gasteiger charge is 2.33. The van der Waals surface area contributed by atoms with Gasteiger partial charge in [-0.2, -0.15) is 0 Å². The third kappa shape index (κ3) is 6.71. The lowest BCUT2D eigenvalue weighted by molar-refractivity contribution is -0.140. The van der Waals surface area contributed by atoms with Gasteiger partial charge in [0.1, 0.15) is 12.4 Å². The lowest BCUT2D eigenvalue weighted by atomic mass is 9.95. The van der Waals surface area contributed by atoms with Gasteiger partial charge in [0.15, 0.2) is 5.11 Å². The molecule has 0 saturated heterocycles. The number of hydrogen-bond donors (Lipinski definition) is 3. The number of carbonyl (C=O) groups is 2. The number of carbonyl (C=O) groups excluding carboxylic acids is 2. The third-order valence-corrected chi connectivity index (χ3v) is 5.79. The molecule has 0 bridgehead atoms. The summed E-state index contributed by atoms with van der Waals surface area (Å²) in [6.45, 7) is 4.74. The average Bonchev–Trinajstić information content (AvgIpc) is 2.84. The molecule has 3 rings (SSSR count). The molecule has 1 heterocycles. The summed E-state index contributed by atoms with van der Waals surface area (Å²) in [6, 6.07) is 13.4. The van der Waals surface area contributed by atoms with E-state index in [-0.39, 0.29) is 6.61 Å². The molecule has 2 amide bonds. The van der Waals surface area contributed by atoms with Crippen molar-refractivity contribution in [2.45, 2.75) is 19.9 Å². The fourth-order valence-corrected chi connectivity index (χ4v) is 3.79. The van der Waals surface area contributed by atoms with E-state index < -0.39 is 18.0 Å². The largest absolute Gasteiger partial charge is 0.494 e. The minimum Gasteiger partial charge on any atom is -0.494 e. The van der Waals surface area contributed by atoms with Crippen molar-refractivity contribution in [3.05, 3.63) is 65.4 Å². The van der Waals surface area contributed by atoms with Crippen LogP contribution in [0.2, 0.25) is 0 Å². The number of nitrogens with one attached hydrogen (secondary N) is 3. The van der Waals surface area contributed by atoms with Gasteiger partial charge in [-0.3, -0.25) is 0 Å². The summed E-state index contributed by atoms with van der Waals surface area (Å²) in [5, 5.41) is 9.29. The van der Waals surface area contributed by atoms with E-state index in [2.05, 4.69) is 16.0 Å². The zero-order valence-corrected chi connectivity index (χ0v) is 21.0. The predicted molar refractivity (Wildman–Crippen MR) is 138 cm³/mol. The smallest absolute Gasteiger partial charge is 0.338 e. The maximum Gasteiger partial charge on any atom is 0.338 e. The molecule has 0 fully saturated rings. The highest BCUT2D eigenvalue weighted by molar-refractivity contribution is 7.80. The number of methoxy groups -OCH3 is 1. The Morgan fingerprint density at radius 1 is 1.09 bits per heavy atom. The molecule has 1 unspecified atom stereocenters. The van der Waals surface area contributed by atoms with Gasteiger partial charge in [0.25, 0.3) is 0 Å². The van der Waals surface area contributed by atoms with E-state index >= 15 is 0 Å². The molecule has 9 nitrogen and oxygen atoms in total. The molecule has 0 aromatic heterocycles. The summed E-state index contributed by atoms with van der Waals surface area (Å²) in [5.74, 6) is 0.271. The van der Waals surface area contributed by atoms with Gasteiger partial charge in [-0.15, -0.1) is 0 Å². The topological polar surface area (TPSA) is 101 Å². The second kappa shape index (κ2) is 12.2. The Morgan fingerprint density at radius 3 is 2.49 bits per heavy atom. The van der Waals surface area contributed by atoms with Crippen LogP contribution in [0, 0.1) is 0 Å². The van der Waals surface area contributed by atoms with Crippen LogP contribution >= 0.6 is 12.2 Å². The van der Waals surface area contributed by atoms with E-state index in [1.807, 2.05) is 19.9 Å². The van der Waals surface area contributed by atoms with Crippen LogP contribution in [0.25, 0.3) is 0 Å². The van der Waals surface area contributed by atoms with Gasteiger partial charge >= 0.3 is 12.0 Å². The van der Waals surface area contributed by atoms with Crippen molar-refractivity contribution >= 4 is 40.7 Å². The Labute approximate surface area is 210 Å². The molecule has 1 aliphatic rings. The summed E-state index contributed by atoms with van der Waals surface area (Å²) < 4.78 is 15.8. The van der Waals surface area contributed by atoms with Crippen LogP contribution in [0.4, 0.5) is 16.2 Å². The first-order chi connectivity index (χ1) is 16.8. The zero-order valence-electron chi connectivity index (χ0n) is 20.2. The fraction of sp³-hybridized carbons (Fsp3) is 0.320. The number of esters is 1. The molecule has 0 aliphatic carbocycles. The third-order valence-electron chi connectivity index (χ3n) is 5.40. The maximum absolute atomic E-state index is 12.9. The number of hydrogen-bond acceptors (Lipinski definition) is 6. The highest BCUT2D eigenvalue weighted by atomic mass is 32.1. The molecule has 2 aromatic carbocycles. The van der Waals surface area contributed by atoms with E-state index in [0.29, 0.717) is 41.0 Å². The summed E-state index contributed by atoms with van der Waals surface area (Å²) in [7, 11) is 3.33. The molecule has 35 heavy (non-hydrogen) atoms. The lowest BCUT2D eigenvalue weighted by Gasteiger charge is -2.35. The van der Waals surface area contributed by atoms with E-state index in [1.165, 1.54) is 0 Å². The van der Waals surface area contributed by atoms with Crippen molar-refractivity contribution in [2.24, 2.45) is 0 Å². The summed E-state index contributed by atoms with van der Waals surface area (Å²) in [4.78, 5) is 27.2. The molecule has 3 N–H and O–H groups in total. The quantitative estimate of drug-likeness (QED) is 0.270. The molecule has 1 atom stereocenters. The Balaban J connectivity index is 1.77. The molecule has 1 aliphatic heterocycles. The number of benzene rings is 2. The second-order valence-corrected chi connectivity index (χ2v) is 8.12. The number of anilines is 2. The molecule has 10 heteroatoms. The van der Waals surface area contributed by atoms with E-state index in [0.717, 1.165) is 11.3 Å². The molecule has 0 spiro atoms. The molecule has 0 radical (unpaired) electrons. The van der Waals surface area contributed by atoms with Gasteiger partial charge in [-0.05, 0) is 68.0 Å². The van der Waals surface area contributed by atoms with Gasteiger partial charge in [-0.1, -0.05) is 12.1 Å². The van der Waals surface area contributed by atoms with Crippen molar-refractivity contribution in [2.75, 3.05) is 44.6 Å². The van der Waals surface area contributed by atoms with Crippen molar-refractivity contribution in [3.8, 4) is 5.75 Å². The Hall–Kier alpha value is -3.63. The highest BCUT2D eigenvalue weighted by Crippen LogP contribution is 2.32. The predicted octanol–water partition coefficient (Wildman–Crippen LogP) is 4.05. The van der Waals surface area contributed by atoms with E-state index in [4.69, 9.17) is 26.4 Å². The van der Waals surface area contributed by atoms with Crippen LogP contribution in [0.1, 0.15) is 25.5 Å². The number of urea groups is 1. The maximum atomic E-state index is 12.9. The van der Waals surface area contributed by atoms with Crippen LogP contribution in [-0.2, 0) is 14.3 Å². The number of rotatable bonds is 9. The lowest BCUT2D eigenvalue weighted by Crippen LogP contribution is -2.46. The number of allylic oxidation sites excluding steroid dienone is 1. The standard InChI is InChI=1S/C25H30N4O5S/c1-5-33-20-11-9-18(10-12-20)26-24(31)27-19-8-6-7-17(15-19)22-21(23(30)34-14-13-32-4)16(2)29(3)25(35)28-22/h6-12,15,22H,5,13-14H2,1-4H3,(H,28,35)(H2,26,27,31). The van der Waals surface area contributed by atoms with Gasteiger partial charge in [0.2, 0.25) is 0 Å². The van der Waals surface area contributed by atoms with Crippen LogP contribution in [0.15, 0.2) is 59.8 Å². The number of ether oxygens (including phenoxy) is 3. The first-order valence-corrected chi connectivity index (χ1v) is 11.6. The van der Waals surface area contributed by atoms with Crippen molar-refractivity contribution in [1.29, 1.82) is 0 Å². The molecule has 2 aromatic rings. The van der Waals surface area contributed by atoms with Gasteiger partial charge in [0, 0.05) is 31.2 Å². The normalized spacial score (nSPS) is 15.4. The van der Waals surface area contributed by atoms with Crippen LogP contribution < -0.4 is 20.7 Å². The van der Waals surface area contributed by atoms with E-state index in [9.17, 15) is 9.59 Å². The SMILES string of the molecule is CCOc1ccc(NC(=O)Nc2cccc(C3NC(=S)N(C)C(C)=C3C(=O)OCCOC)c2)cc1. The van der Waals surface area contributed by atoms with Crippen LogP contribution in [-0.4, -0.2) is 56.0 Å². The minimum atomic E-state index is -0.537. The van der Waals surface area contributed by atoms with E-state index in [1.54, 1.807) is 61.5 Å². The number of thiocarbonyl (C=S) groups is 1. The monoisotopic (exact) mass is 498 g/mol. The van der Waals surface area contributed by atoms with Crippen molar-refractivity contribution in [3.63, 3.8) is 0 Å². The summed E-state index contributed by atoms with van der Waals surface area (Å²) in [5.41, 5.74) is 3.06. The van der Waals surface area contributed by atoms with Gasteiger partial charge in [-0.25, -0.2) is 9.59 Å². The molecule has 0 saturated carbocycles. The molecule has 186 valence electrons. The number of nitrogens with zero attached hydrogens (tertiary/aromatic N) is 1.